The lowest BCUT2D eigenvalue weighted by Crippen LogP contribution is -2.16. The van der Waals surface area contributed by atoms with Crippen molar-refractivity contribution in [2.24, 2.45) is 0 Å². The Labute approximate surface area is 151 Å². The Morgan fingerprint density at radius 1 is 1.36 bits per heavy atom. The maximum atomic E-state index is 12.2. The first-order chi connectivity index (χ1) is 12.0. The van der Waals surface area contributed by atoms with Gasteiger partial charge in [-0.05, 0) is 37.5 Å². The average molecular weight is 361 g/mol. The number of hydrogen-bond acceptors (Lipinski definition) is 5. The number of aromatic nitrogens is 2. The fourth-order valence-corrected chi connectivity index (χ4v) is 2.97. The molecule has 0 unspecified atom stereocenters. The summed E-state index contributed by atoms with van der Waals surface area (Å²) in [7, 11) is 1.56. The van der Waals surface area contributed by atoms with Crippen molar-refractivity contribution in [3.8, 4) is 5.75 Å². The van der Waals surface area contributed by atoms with Crippen LogP contribution in [0.15, 0.2) is 34.2 Å². The Kier molecular flexibility index (Phi) is 7.06. The summed E-state index contributed by atoms with van der Waals surface area (Å²) in [6.07, 6.45) is 2.78. The van der Waals surface area contributed by atoms with Gasteiger partial charge in [-0.2, -0.15) is 0 Å². The fourth-order valence-electron chi connectivity index (χ4n) is 2.28. The third kappa shape index (κ3) is 5.94. The van der Waals surface area contributed by atoms with Crippen molar-refractivity contribution in [1.82, 2.24) is 9.97 Å². The van der Waals surface area contributed by atoms with Crippen molar-refractivity contribution in [3.63, 3.8) is 0 Å². The largest absolute Gasteiger partial charge is 0.495 e. The van der Waals surface area contributed by atoms with Crippen LogP contribution in [0.1, 0.15) is 31.0 Å². The highest BCUT2D eigenvalue weighted by atomic mass is 32.2. The van der Waals surface area contributed by atoms with Crippen LogP contribution in [0.2, 0.25) is 0 Å². The van der Waals surface area contributed by atoms with Crippen LogP contribution in [0.3, 0.4) is 0 Å². The normalized spacial score (nSPS) is 10.5. The molecule has 0 aliphatic carbocycles. The number of nitrogens with one attached hydrogen (secondary N) is 2. The summed E-state index contributed by atoms with van der Waals surface area (Å²) in [5.74, 6) is 0.574. The SMILES string of the molecule is CCCCc1cc(=O)[nH]c(SCC(=O)Nc2cc(C)ccc2OC)n1. The van der Waals surface area contributed by atoms with E-state index in [1.807, 2.05) is 25.1 Å². The second-order valence-corrected chi connectivity index (χ2v) is 6.65. The van der Waals surface area contributed by atoms with Gasteiger partial charge in [0.2, 0.25) is 5.91 Å². The molecule has 0 fully saturated rings. The van der Waals surface area contributed by atoms with E-state index in [1.165, 1.54) is 17.8 Å². The monoisotopic (exact) mass is 361 g/mol. The second-order valence-electron chi connectivity index (χ2n) is 5.69. The van der Waals surface area contributed by atoms with E-state index in [0.29, 0.717) is 16.6 Å². The highest BCUT2D eigenvalue weighted by molar-refractivity contribution is 7.99. The summed E-state index contributed by atoms with van der Waals surface area (Å²) >= 11 is 1.21. The summed E-state index contributed by atoms with van der Waals surface area (Å²) < 4.78 is 5.25. The van der Waals surface area contributed by atoms with Gasteiger partial charge in [0, 0.05) is 11.8 Å². The van der Waals surface area contributed by atoms with Crippen LogP contribution in [0.5, 0.6) is 5.75 Å². The predicted octanol–water partition coefficient (Wildman–Crippen LogP) is 3.16. The van der Waals surface area contributed by atoms with Crippen LogP contribution in [0.4, 0.5) is 5.69 Å². The van der Waals surface area contributed by atoms with Crippen molar-refractivity contribution >= 4 is 23.4 Å². The number of carbonyl (C=O) groups excluding carboxylic acids is 1. The minimum atomic E-state index is -0.190. The number of ether oxygens (including phenoxy) is 1. The topological polar surface area (TPSA) is 84.1 Å². The van der Waals surface area contributed by atoms with E-state index in [0.717, 1.165) is 30.5 Å². The highest BCUT2D eigenvalue weighted by Gasteiger charge is 2.10. The standard InChI is InChI=1S/C18H23N3O3S/c1-4-5-6-13-10-16(22)21-18(19-13)25-11-17(23)20-14-9-12(2)7-8-15(14)24-3/h7-10H,4-6,11H2,1-3H3,(H,20,23)(H,19,21,22). The number of H-pyrrole nitrogens is 1. The van der Waals surface area contributed by atoms with Gasteiger partial charge in [0.1, 0.15) is 5.75 Å². The Bertz CT molecular complexity index is 789. The molecule has 0 aliphatic rings. The number of amides is 1. The first-order valence-corrected chi connectivity index (χ1v) is 9.18. The number of hydrogen-bond donors (Lipinski definition) is 2. The van der Waals surface area contributed by atoms with Crippen molar-refractivity contribution in [3.05, 3.63) is 45.9 Å². The van der Waals surface area contributed by atoms with Gasteiger partial charge in [0.05, 0.1) is 18.6 Å². The third-order valence-corrected chi connectivity index (χ3v) is 4.40. The molecule has 2 aromatic rings. The van der Waals surface area contributed by atoms with E-state index in [2.05, 4.69) is 22.2 Å². The second kappa shape index (κ2) is 9.27. The van der Waals surface area contributed by atoms with Gasteiger partial charge in [-0.15, -0.1) is 0 Å². The van der Waals surface area contributed by atoms with Crippen LogP contribution < -0.4 is 15.6 Å². The van der Waals surface area contributed by atoms with E-state index in [-0.39, 0.29) is 17.2 Å². The first-order valence-electron chi connectivity index (χ1n) is 8.19. The zero-order valence-corrected chi connectivity index (χ0v) is 15.5. The molecule has 25 heavy (non-hydrogen) atoms. The summed E-state index contributed by atoms with van der Waals surface area (Å²) in [5.41, 5.74) is 2.22. The van der Waals surface area contributed by atoms with E-state index >= 15 is 0 Å². The van der Waals surface area contributed by atoms with Crippen molar-refractivity contribution < 1.29 is 9.53 Å². The van der Waals surface area contributed by atoms with E-state index in [9.17, 15) is 9.59 Å². The molecule has 1 aromatic heterocycles. The number of benzene rings is 1. The predicted molar refractivity (Wildman–Crippen MR) is 101 cm³/mol. The zero-order chi connectivity index (χ0) is 18.2. The molecule has 0 saturated heterocycles. The van der Waals surface area contributed by atoms with Gasteiger partial charge >= 0.3 is 0 Å². The number of anilines is 1. The van der Waals surface area contributed by atoms with Gasteiger partial charge < -0.3 is 15.0 Å². The van der Waals surface area contributed by atoms with E-state index in [1.54, 1.807) is 7.11 Å². The maximum Gasteiger partial charge on any atom is 0.251 e. The number of nitrogens with zero attached hydrogens (tertiary/aromatic N) is 1. The molecule has 0 radical (unpaired) electrons. The van der Waals surface area contributed by atoms with Gasteiger partial charge in [-0.25, -0.2) is 4.98 Å². The molecule has 134 valence electrons. The number of unbranched alkanes of at least 4 members (excludes halogenated alkanes) is 1. The Hall–Kier alpha value is -2.28. The van der Waals surface area contributed by atoms with Gasteiger partial charge in [0.15, 0.2) is 5.16 Å². The molecule has 1 heterocycles. The Balaban J connectivity index is 1.99. The molecule has 7 heteroatoms. The van der Waals surface area contributed by atoms with Crippen LogP contribution >= 0.6 is 11.8 Å². The van der Waals surface area contributed by atoms with E-state index in [4.69, 9.17) is 4.74 Å². The number of carbonyl (C=O) groups is 1. The van der Waals surface area contributed by atoms with Crippen molar-refractivity contribution in [2.75, 3.05) is 18.2 Å². The van der Waals surface area contributed by atoms with Gasteiger partial charge in [0.25, 0.3) is 5.56 Å². The average Bonchev–Trinajstić information content (AvgIpc) is 2.58. The molecule has 0 spiro atoms. The minimum Gasteiger partial charge on any atom is -0.495 e. The lowest BCUT2D eigenvalue weighted by Gasteiger charge is -2.11. The Morgan fingerprint density at radius 3 is 2.88 bits per heavy atom. The molecular formula is C18H23N3O3S. The van der Waals surface area contributed by atoms with Gasteiger partial charge in [-0.1, -0.05) is 31.2 Å². The van der Waals surface area contributed by atoms with Crippen LogP contribution in [0.25, 0.3) is 0 Å². The quantitative estimate of drug-likeness (QED) is 0.557. The molecule has 0 bridgehead atoms. The van der Waals surface area contributed by atoms with Crippen molar-refractivity contribution in [2.45, 2.75) is 38.3 Å². The molecule has 0 atom stereocenters. The molecule has 2 rings (SSSR count). The third-order valence-electron chi connectivity index (χ3n) is 3.53. The molecular weight excluding hydrogens is 338 g/mol. The summed E-state index contributed by atoms with van der Waals surface area (Å²) in [5, 5.41) is 3.29. The number of aromatic amines is 1. The maximum absolute atomic E-state index is 12.2. The first kappa shape index (κ1) is 19.1. The number of aryl methyl sites for hydroxylation is 2. The highest BCUT2D eigenvalue weighted by Crippen LogP contribution is 2.25. The molecule has 6 nitrogen and oxygen atoms in total. The summed E-state index contributed by atoms with van der Waals surface area (Å²) in [6, 6.07) is 7.10. The fraction of sp³-hybridized carbons (Fsp3) is 0.389. The number of thioether (sulfide) groups is 1. The molecule has 1 amide bonds. The molecule has 0 aliphatic heterocycles. The summed E-state index contributed by atoms with van der Waals surface area (Å²) in [6.45, 7) is 4.03. The van der Waals surface area contributed by atoms with Crippen LogP contribution in [-0.2, 0) is 11.2 Å². The van der Waals surface area contributed by atoms with Crippen LogP contribution in [-0.4, -0.2) is 28.7 Å². The van der Waals surface area contributed by atoms with Gasteiger partial charge in [-0.3, -0.25) is 9.59 Å². The number of rotatable bonds is 8. The molecule has 2 N–H and O–H groups in total. The number of methoxy groups -OCH3 is 1. The lowest BCUT2D eigenvalue weighted by molar-refractivity contribution is -0.113. The Morgan fingerprint density at radius 2 is 2.16 bits per heavy atom. The molecule has 0 saturated carbocycles. The van der Waals surface area contributed by atoms with E-state index < -0.39 is 0 Å². The molecule has 1 aromatic carbocycles. The van der Waals surface area contributed by atoms with Crippen LogP contribution in [0, 0.1) is 6.92 Å². The summed E-state index contributed by atoms with van der Waals surface area (Å²) in [4.78, 5) is 31.0. The lowest BCUT2D eigenvalue weighted by atomic mass is 10.2. The minimum absolute atomic E-state index is 0.150. The smallest absolute Gasteiger partial charge is 0.251 e. The zero-order valence-electron chi connectivity index (χ0n) is 14.7. The van der Waals surface area contributed by atoms with Crippen molar-refractivity contribution in [1.29, 1.82) is 0 Å².